The van der Waals surface area contributed by atoms with Crippen LogP contribution in [0.5, 0.6) is 5.75 Å². The second-order valence-corrected chi connectivity index (χ2v) is 9.61. The molecule has 0 unspecified atom stereocenters. The highest BCUT2D eigenvalue weighted by Gasteiger charge is 2.45. The summed E-state index contributed by atoms with van der Waals surface area (Å²) in [5, 5.41) is 2.79. The van der Waals surface area contributed by atoms with Crippen LogP contribution in [0.3, 0.4) is 0 Å². The third-order valence-corrected chi connectivity index (χ3v) is 5.95. The molecular weight excluding hydrogens is 440 g/mol. The third kappa shape index (κ3) is 6.93. The number of nitrogens with one attached hydrogen (secondary N) is 1. The van der Waals surface area contributed by atoms with Gasteiger partial charge >= 0.3 is 6.09 Å². The van der Waals surface area contributed by atoms with Gasteiger partial charge in [-0.1, -0.05) is 6.92 Å². The number of carbonyl (C=O) groups excluding carboxylic acids is 3. The van der Waals surface area contributed by atoms with E-state index >= 15 is 0 Å². The first kappa shape index (κ1) is 27.6. The number of likely N-dealkylation sites (tertiary alicyclic amines) is 1. The number of ketones is 1. The summed E-state index contributed by atoms with van der Waals surface area (Å²) < 4.78 is 21.9. The van der Waals surface area contributed by atoms with Gasteiger partial charge in [0.25, 0.3) is 0 Å². The normalized spacial score (nSPS) is 20.9. The summed E-state index contributed by atoms with van der Waals surface area (Å²) in [7, 11) is 4.65. The number of carbonyl (C=O) groups is 3. The Bertz CT molecular complexity index is 850. The quantitative estimate of drug-likeness (QED) is 0.544. The fourth-order valence-corrected chi connectivity index (χ4v) is 4.10. The van der Waals surface area contributed by atoms with E-state index in [0.29, 0.717) is 24.3 Å². The van der Waals surface area contributed by atoms with Crippen molar-refractivity contribution >= 4 is 17.8 Å². The number of benzene rings is 1. The zero-order valence-corrected chi connectivity index (χ0v) is 21.4. The van der Waals surface area contributed by atoms with Crippen LogP contribution in [0.4, 0.5) is 4.79 Å². The molecule has 190 valence electrons. The molecular formula is C25H38N2O7. The molecule has 1 aromatic rings. The van der Waals surface area contributed by atoms with Crippen molar-refractivity contribution in [1.82, 2.24) is 10.2 Å². The Morgan fingerprint density at radius 3 is 2.18 bits per heavy atom. The molecule has 2 rings (SSSR count). The summed E-state index contributed by atoms with van der Waals surface area (Å²) in [6, 6.07) is 5.56. The number of rotatable bonds is 9. The minimum absolute atomic E-state index is 0.194. The van der Waals surface area contributed by atoms with Gasteiger partial charge in [0.15, 0.2) is 5.78 Å². The van der Waals surface area contributed by atoms with Crippen molar-refractivity contribution < 1.29 is 33.3 Å². The number of Topliss-reactive ketones (excluding diaryl/α,β-unsaturated/α-hetero) is 1. The first-order valence-electron chi connectivity index (χ1n) is 11.5. The Morgan fingerprint density at radius 1 is 1.06 bits per heavy atom. The summed E-state index contributed by atoms with van der Waals surface area (Å²) in [4.78, 5) is 40.3. The lowest BCUT2D eigenvalue weighted by atomic mass is 9.94. The van der Waals surface area contributed by atoms with Crippen molar-refractivity contribution in [2.24, 2.45) is 5.92 Å². The summed E-state index contributed by atoms with van der Waals surface area (Å²) >= 11 is 0. The molecule has 5 atom stereocenters. The molecule has 1 N–H and O–H groups in total. The molecule has 34 heavy (non-hydrogen) atoms. The lowest BCUT2D eigenvalue weighted by Crippen LogP contribution is -2.52. The Labute approximate surface area is 202 Å². The predicted octanol–water partition coefficient (Wildman–Crippen LogP) is 3.06. The van der Waals surface area contributed by atoms with Crippen molar-refractivity contribution in [3.63, 3.8) is 0 Å². The van der Waals surface area contributed by atoms with Crippen LogP contribution < -0.4 is 10.1 Å². The number of methoxy groups -OCH3 is 3. The van der Waals surface area contributed by atoms with E-state index < -0.39 is 35.8 Å². The van der Waals surface area contributed by atoms with E-state index in [9.17, 15) is 14.4 Å². The van der Waals surface area contributed by atoms with Crippen molar-refractivity contribution in [2.75, 3.05) is 27.9 Å². The van der Waals surface area contributed by atoms with Crippen LogP contribution in [0.1, 0.15) is 51.4 Å². The molecule has 0 aromatic heterocycles. The van der Waals surface area contributed by atoms with Gasteiger partial charge in [0.2, 0.25) is 5.91 Å². The molecule has 2 amide bonds. The Morgan fingerprint density at radius 2 is 1.68 bits per heavy atom. The van der Waals surface area contributed by atoms with Crippen LogP contribution in [0, 0.1) is 5.92 Å². The van der Waals surface area contributed by atoms with E-state index in [0.717, 1.165) is 0 Å². The van der Waals surface area contributed by atoms with Gasteiger partial charge in [-0.2, -0.15) is 0 Å². The van der Waals surface area contributed by atoms with Gasteiger partial charge in [0, 0.05) is 19.8 Å². The summed E-state index contributed by atoms with van der Waals surface area (Å²) in [6.07, 6.45) is -0.779. The standard InChI is InChI=1S/C25H38N2O7/c1-15(23(29)26-16(2)21(28)17-9-11-18(31-6)12-10-17)22(33-8)20-13-19(32-7)14-27(20)24(30)34-25(3,4)5/h9-12,15-16,19-20,22H,13-14H2,1-8H3,(H,26,29)/t15-,16-,19-,20+,22-/m1/s1. The molecule has 9 nitrogen and oxygen atoms in total. The van der Waals surface area contributed by atoms with Crippen molar-refractivity contribution in [3.8, 4) is 5.75 Å². The number of nitrogens with zero attached hydrogens (tertiary/aromatic N) is 1. The molecule has 9 heteroatoms. The van der Waals surface area contributed by atoms with Crippen LogP contribution in [-0.4, -0.2) is 80.5 Å². The Hall–Kier alpha value is -2.65. The molecule has 1 aromatic carbocycles. The highest BCUT2D eigenvalue weighted by molar-refractivity contribution is 6.01. The molecule has 0 saturated carbocycles. The van der Waals surface area contributed by atoms with Crippen molar-refractivity contribution in [2.45, 2.75) is 70.9 Å². The summed E-state index contributed by atoms with van der Waals surface area (Å²) in [5.74, 6) is -0.550. The number of hydrogen-bond acceptors (Lipinski definition) is 7. The molecule has 0 bridgehead atoms. The molecule has 1 aliphatic heterocycles. The van der Waals surface area contributed by atoms with Gasteiger partial charge < -0.3 is 24.3 Å². The zero-order chi connectivity index (χ0) is 25.6. The number of amides is 2. The molecule has 1 saturated heterocycles. The smallest absolute Gasteiger partial charge is 0.410 e. The molecule has 1 aliphatic rings. The van der Waals surface area contributed by atoms with E-state index in [4.69, 9.17) is 18.9 Å². The van der Waals surface area contributed by atoms with E-state index in [1.807, 2.05) is 0 Å². The van der Waals surface area contributed by atoms with E-state index in [1.54, 1.807) is 78.0 Å². The van der Waals surface area contributed by atoms with Crippen LogP contribution in [0.25, 0.3) is 0 Å². The maximum atomic E-state index is 13.1. The lowest BCUT2D eigenvalue weighted by Gasteiger charge is -2.34. The van der Waals surface area contributed by atoms with Crippen molar-refractivity contribution in [3.05, 3.63) is 29.8 Å². The highest BCUT2D eigenvalue weighted by Crippen LogP contribution is 2.29. The van der Waals surface area contributed by atoms with Crippen LogP contribution in [0.15, 0.2) is 24.3 Å². The first-order chi connectivity index (χ1) is 15.9. The van der Waals surface area contributed by atoms with Gasteiger partial charge in [-0.25, -0.2) is 4.79 Å². The van der Waals surface area contributed by atoms with Crippen LogP contribution >= 0.6 is 0 Å². The van der Waals surface area contributed by atoms with E-state index in [1.165, 1.54) is 7.11 Å². The predicted molar refractivity (Wildman–Crippen MR) is 127 cm³/mol. The molecule has 0 radical (unpaired) electrons. The van der Waals surface area contributed by atoms with Gasteiger partial charge in [0.1, 0.15) is 11.4 Å². The number of hydrogen-bond donors (Lipinski definition) is 1. The monoisotopic (exact) mass is 478 g/mol. The number of ether oxygens (including phenoxy) is 4. The van der Waals surface area contributed by atoms with Crippen LogP contribution in [0.2, 0.25) is 0 Å². The highest BCUT2D eigenvalue weighted by atomic mass is 16.6. The molecule has 0 aliphatic carbocycles. The third-order valence-electron chi connectivity index (χ3n) is 5.95. The van der Waals surface area contributed by atoms with Gasteiger partial charge in [-0.15, -0.1) is 0 Å². The maximum absolute atomic E-state index is 13.1. The lowest BCUT2D eigenvalue weighted by molar-refractivity contribution is -0.131. The largest absolute Gasteiger partial charge is 0.497 e. The fourth-order valence-electron chi connectivity index (χ4n) is 4.10. The van der Waals surface area contributed by atoms with Crippen LogP contribution in [-0.2, 0) is 19.0 Å². The van der Waals surface area contributed by atoms with Gasteiger partial charge in [0.05, 0.1) is 43.9 Å². The topological polar surface area (TPSA) is 103 Å². The fraction of sp³-hybridized carbons (Fsp3) is 0.640. The SMILES string of the molecule is COc1ccc(C(=O)[C@@H](C)NC(=O)[C@H](C)[C@@H](OC)[C@@H]2C[C@@H](OC)CN2C(=O)OC(C)(C)C)cc1. The molecule has 1 heterocycles. The Kier molecular flexibility index (Phi) is 9.46. The summed E-state index contributed by atoms with van der Waals surface area (Å²) in [5.41, 5.74) is -0.185. The Balaban J connectivity index is 2.12. The zero-order valence-electron chi connectivity index (χ0n) is 21.4. The molecule has 1 fully saturated rings. The average Bonchev–Trinajstić information content (AvgIpc) is 3.22. The maximum Gasteiger partial charge on any atom is 0.410 e. The van der Waals surface area contributed by atoms with Gasteiger partial charge in [-0.05, 0) is 58.4 Å². The van der Waals surface area contributed by atoms with E-state index in [2.05, 4.69) is 5.32 Å². The van der Waals surface area contributed by atoms with Crippen molar-refractivity contribution in [1.29, 1.82) is 0 Å². The van der Waals surface area contributed by atoms with Gasteiger partial charge in [-0.3, -0.25) is 14.5 Å². The minimum atomic E-state index is -0.738. The average molecular weight is 479 g/mol. The minimum Gasteiger partial charge on any atom is -0.497 e. The summed E-state index contributed by atoms with van der Waals surface area (Å²) in [6.45, 7) is 9.11. The molecule has 0 spiro atoms. The first-order valence-corrected chi connectivity index (χ1v) is 11.5. The second-order valence-electron chi connectivity index (χ2n) is 9.61. The van der Waals surface area contributed by atoms with E-state index in [-0.39, 0.29) is 17.8 Å². The second kappa shape index (κ2) is 11.7.